The summed E-state index contributed by atoms with van der Waals surface area (Å²) >= 11 is 0. The second-order valence-corrected chi connectivity index (χ2v) is 8.54. The summed E-state index contributed by atoms with van der Waals surface area (Å²) in [5.74, 6) is 1.77. The highest BCUT2D eigenvalue weighted by atomic mass is 16.5. The van der Waals surface area contributed by atoms with Gasteiger partial charge in [-0.3, -0.25) is 0 Å². The molecule has 1 saturated carbocycles. The van der Waals surface area contributed by atoms with Crippen molar-refractivity contribution < 1.29 is 9.84 Å². The summed E-state index contributed by atoms with van der Waals surface area (Å²) in [6, 6.07) is 8.22. The van der Waals surface area contributed by atoms with Crippen LogP contribution in [0.25, 0.3) is 0 Å². The van der Waals surface area contributed by atoms with Gasteiger partial charge in [0, 0.05) is 0 Å². The van der Waals surface area contributed by atoms with Crippen molar-refractivity contribution in [2.75, 3.05) is 6.61 Å². The van der Waals surface area contributed by atoms with E-state index in [1.54, 1.807) is 0 Å². The van der Waals surface area contributed by atoms with Gasteiger partial charge in [-0.05, 0) is 60.1 Å². The molecule has 2 aliphatic rings. The Kier molecular flexibility index (Phi) is 14.5. The van der Waals surface area contributed by atoms with E-state index in [1.165, 1.54) is 24.0 Å². The van der Waals surface area contributed by atoms with Gasteiger partial charge in [-0.1, -0.05) is 86.8 Å². The van der Waals surface area contributed by atoms with Gasteiger partial charge in [0.15, 0.2) is 6.61 Å². The Morgan fingerprint density at radius 2 is 1.73 bits per heavy atom. The van der Waals surface area contributed by atoms with Crippen LogP contribution in [0.5, 0.6) is 5.75 Å². The number of benzene rings is 1. The van der Waals surface area contributed by atoms with Crippen molar-refractivity contribution in [2.24, 2.45) is 17.3 Å². The second-order valence-electron chi connectivity index (χ2n) is 8.54. The zero-order chi connectivity index (χ0) is 23.2. The molecule has 30 heavy (non-hydrogen) atoms. The molecule has 3 heteroatoms. The quantitative estimate of drug-likeness (QED) is 0.557. The Balaban J connectivity index is 0.000000923. The van der Waals surface area contributed by atoms with Gasteiger partial charge in [0.25, 0.3) is 0 Å². The molecule has 172 valence electrons. The molecule has 4 atom stereocenters. The summed E-state index contributed by atoms with van der Waals surface area (Å²) in [6.45, 7) is 17.2. The summed E-state index contributed by atoms with van der Waals surface area (Å²) in [5, 5.41) is 19.3. The number of hydrogen-bond donors (Lipinski definition) is 1. The Labute approximate surface area is 186 Å². The van der Waals surface area contributed by atoms with E-state index in [-0.39, 0.29) is 18.1 Å². The number of aliphatic hydroxyl groups excluding tert-OH is 1. The zero-order valence-corrected chi connectivity index (χ0v) is 20.9. The molecule has 0 saturated heterocycles. The molecule has 0 radical (unpaired) electrons. The fourth-order valence-electron chi connectivity index (χ4n) is 4.80. The van der Waals surface area contributed by atoms with Crippen LogP contribution in [-0.4, -0.2) is 17.8 Å². The van der Waals surface area contributed by atoms with Gasteiger partial charge in [0.2, 0.25) is 0 Å². The van der Waals surface area contributed by atoms with Crippen molar-refractivity contribution in [3.05, 3.63) is 29.3 Å². The normalized spacial score (nSPS) is 25.5. The summed E-state index contributed by atoms with van der Waals surface area (Å²) in [4.78, 5) is 0. The van der Waals surface area contributed by atoms with Crippen molar-refractivity contribution in [3.8, 4) is 11.8 Å². The minimum absolute atomic E-state index is 0.0967. The third-order valence-corrected chi connectivity index (χ3v) is 5.91. The predicted octanol–water partition coefficient (Wildman–Crippen LogP) is 7.35. The third kappa shape index (κ3) is 7.31. The minimum atomic E-state index is -0.173. The second kappa shape index (κ2) is 15.3. The van der Waals surface area contributed by atoms with Gasteiger partial charge in [0.1, 0.15) is 11.8 Å². The molecule has 0 bridgehead atoms. The molecule has 0 unspecified atom stereocenters. The predicted molar refractivity (Wildman–Crippen MR) is 129 cm³/mol. The smallest absolute Gasteiger partial charge is 0.174 e. The maximum atomic E-state index is 10.5. The summed E-state index contributed by atoms with van der Waals surface area (Å²) in [7, 11) is 0. The average molecular weight is 418 g/mol. The molecule has 2 aliphatic carbocycles. The molecule has 0 aromatic heterocycles. The molecule has 3 rings (SSSR count). The Morgan fingerprint density at radius 1 is 1.13 bits per heavy atom. The van der Waals surface area contributed by atoms with E-state index in [1.807, 2.05) is 32.0 Å². The molecule has 0 heterocycles. The molecule has 3 nitrogen and oxygen atoms in total. The van der Waals surface area contributed by atoms with Crippen molar-refractivity contribution in [1.82, 2.24) is 0 Å². The number of aliphatic hydroxyl groups is 1. The van der Waals surface area contributed by atoms with Gasteiger partial charge in [-0.15, -0.1) is 0 Å². The lowest BCUT2D eigenvalue weighted by Gasteiger charge is -2.42. The highest BCUT2D eigenvalue weighted by Gasteiger charge is 2.52. The maximum absolute atomic E-state index is 10.5. The molecule has 1 N–H and O–H groups in total. The largest absolute Gasteiger partial charge is 0.478 e. The van der Waals surface area contributed by atoms with Crippen molar-refractivity contribution in [3.63, 3.8) is 0 Å². The van der Waals surface area contributed by atoms with Crippen LogP contribution in [0.15, 0.2) is 18.2 Å². The van der Waals surface area contributed by atoms with E-state index < -0.39 is 0 Å². The van der Waals surface area contributed by atoms with Gasteiger partial charge in [0.05, 0.1) is 6.10 Å². The fraction of sp³-hybridized carbons (Fsp3) is 0.741. The molecular formula is C27H47NO2. The molecule has 1 fully saturated rings. The first-order chi connectivity index (χ1) is 14.4. The molecule has 1 aromatic rings. The van der Waals surface area contributed by atoms with Crippen LogP contribution in [-0.2, 0) is 12.8 Å². The number of ether oxygens (including phenoxy) is 1. The van der Waals surface area contributed by atoms with Crippen molar-refractivity contribution >= 4 is 0 Å². The lowest BCUT2D eigenvalue weighted by atomic mass is 9.63. The third-order valence-electron chi connectivity index (χ3n) is 5.91. The molecule has 0 spiro atoms. The van der Waals surface area contributed by atoms with E-state index >= 15 is 0 Å². The van der Waals surface area contributed by atoms with Crippen LogP contribution in [0, 0.1) is 28.6 Å². The van der Waals surface area contributed by atoms with Gasteiger partial charge in [-0.25, -0.2) is 0 Å². The molecule has 0 aliphatic heterocycles. The van der Waals surface area contributed by atoms with Crippen LogP contribution in [0.1, 0.15) is 98.6 Å². The van der Waals surface area contributed by atoms with Gasteiger partial charge >= 0.3 is 0 Å². The molecular weight excluding hydrogens is 370 g/mol. The SMILES string of the molecule is CC.CCC.CCC.CCC[C@H]1[C@H](O)C[C@@H]2Cc3c(cccc3OCC#N)C[C@@]21C. The monoisotopic (exact) mass is 417 g/mol. The standard InChI is InChI=1S/C19H25NO2.2C3H8.C2H6/c1-3-5-16-17(21)11-14-10-15-13(12-19(14,16)2)6-4-7-18(15)22-9-8-20;2*1-3-2;1-2/h4,6-7,14,16-17,21H,3,5,9-12H2,1-2H3;2*3H2,1-2H3;1-2H3/t14-,16-,17+,19-;;;/m0.../s1. The number of rotatable bonds is 4. The van der Waals surface area contributed by atoms with E-state index in [9.17, 15) is 5.11 Å². The summed E-state index contributed by atoms with van der Waals surface area (Å²) < 4.78 is 5.61. The first-order valence-corrected chi connectivity index (χ1v) is 12.2. The maximum Gasteiger partial charge on any atom is 0.174 e. The van der Waals surface area contributed by atoms with E-state index in [0.717, 1.165) is 37.9 Å². The first kappa shape index (κ1) is 28.5. The van der Waals surface area contributed by atoms with Crippen LogP contribution >= 0.6 is 0 Å². The van der Waals surface area contributed by atoms with Gasteiger partial charge < -0.3 is 9.84 Å². The zero-order valence-electron chi connectivity index (χ0n) is 20.9. The minimum Gasteiger partial charge on any atom is -0.478 e. The first-order valence-electron chi connectivity index (χ1n) is 12.2. The Morgan fingerprint density at radius 3 is 2.27 bits per heavy atom. The van der Waals surface area contributed by atoms with Crippen LogP contribution in [0.4, 0.5) is 0 Å². The lowest BCUT2D eigenvalue weighted by Crippen LogP contribution is -2.37. The number of fused-ring (bicyclic) bond motifs is 2. The lowest BCUT2D eigenvalue weighted by molar-refractivity contribution is 0.0671. The summed E-state index contributed by atoms with van der Waals surface area (Å²) in [6.07, 6.45) is 7.43. The number of nitrogens with zero attached hydrogens (tertiary/aromatic N) is 1. The fourth-order valence-corrected chi connectivity index (χ4v) is 4.80. The average Bonchev–Trinajstić information content (AvgIpc) is 2.97. The highest BCUT2D eigenvalue weighted by Crippen LogP contribution is 2.56. The number of nitriles is 1. The van der Waals surface area contributed by atoms with Crippen LogP contribution in [0.2, 0.25) is 0 Å². The number of hydrogen-bond acceptors (Lipinski definition) is 3. The Bertz CT molecular complexity index is 620. The van der Waals surface area contributed by atoms with Crippen LogP contribution < -0.4 is 4.74 Å². The Hall–Kier alpha value is -1.53. The van der Waals surface area contributed by atoms with Crippen LogP contribution in [0.3, 0.4) is 0 Å². The molecule has 1 aromatic carbocycles. The molecule has 0 amide bonds. The highest BCUT2D eigenvalue weighted by molar-refractivity contribution is 5.44. The summed E-state index contributed by atoms with van der Waals surface area (Å²) in [5.41, 5.74) is 2.78. The van der Waals surface area contributed by atoms with E-state index in [0.29, 0.717) is 11.8 Å². The van der Waals surface area contributed by atoms with E-state index in [4.69, 9.17) is 10.00 Å². The van der Waals surface area contributed by atoms with E-state index in [2.05, 4.69) is 47.6 Å². The topological polar surface area (TPSA) is 53.2 Å². The van der Waals surface area contributed by atoms with Gasteiger partial charge in [-0.2, -0.15) is 5.26 Å². The van der Waals surface area contributed by atoms with Crippen molar-refractivity contribution in [2.45, 2.75) is 106 Å². The van der Waals surface area contributed by atoms with Crippen molar-refractivity contribution in [1.29, 1.82) is 5.26 Å².